The Kier molecular flexibility index (Phi) is 4.72. The number of halogens is 3. The van der Waals surface area contributed by atoms with Crippen LogP contribution in [0.2, 0.25) is 0 Å². The molecule has 4 nitrogen and oxygen atoms in total. The summed E-state index contributed by atoms with van der Waals surface area (Å²) in [5.74, 6) is 0.653. The second-order valence-corrected chi connectivity index (χ2v) is 7.71. The van der Waals surface area contributed by atoms with Crippen LogP contribution in [-0.4, -0.2) is 20.5 Å². The maximum atomic E-state index is 12.5. The Hall–Kier alpha value is -1.75. The van der Waals surface area contributed by atoms with Gasteiger partial charge >= 0.3 is 5.69 Å². The fraction of sp³-hybridized carbons (Fsp3) is 0.176. The van der Waals surface area contributed by atoms with Gasteiger partial charge in [-0.25, -0.2) is 4.79 Å². The Bertz CT molecular complexity index is 934. The first kappa shape index (κ1) is 17.1. The molecular formula is C17H13Cl3N2O2. The Labute approximate surface area is 153 Å². The molecule has 0 aliphatic carbocycles. The number of methoxy groups -OCH3 is 1. The molecule has 1 heterocycles. The van der Waals surface area contributed by atoms with Gasteiger partial charge in [-0.3, -0.25) is 4.57 Å². The van der Waals surface area contributed by atoms with Crippen LogP contribution in [0, 0.1) is 0 Å². The Morgan fingerprint density at radius 1 is 1.12 bits per heavy atom. The lowest BCUT2D eigenvalue weighted by Crippen LogP contribution is -2.29. The van der Waals surface area contributed by atoms with Crippen LogP contribution in [0.4, 0.5) is 0 Å². The normalized spacial score (nSPS) is 11.7. The number of fused-ring (bicyclic) bond motifs is 1. The van der Waals surface area contributed by atoms with E-state index in [4.69, 9.17) is 39.5 Å². The van der Waals surface area contributed by atoms with Gasteiger partial charge in [0.05, 0.1) is 24.9 Å². The highest BCUT2D eigenvalue weighted by Gasteiger charge is 2.23. The Balaban J connectivity index is 2.34. The number of rotatable bonds is 3. The van der Waals surface area contributed by atoms with Crippen LogP contribution in [-0.2, 0) is 6.54 Å². The zero-order valence-electron chi connectivity index (χ0n) is 12.7. The zero-order valence-corrected chi connectivity index (χ0v) is 14.9. The lowest BCUT2D eigenvalue weighted by molar-refractivity contribution is 0.415. The molecule has 0 radical (unpaired) electrons. The molecule has 0 aliphatic rings. The van der Waals surface area contributed by atoms with Crippen LogP contribution in [0.25, 0.3) is 22.2 Å². The zero-order chi connectivity index (χ0) is 17.3. The van der Waals surface area contributed by atoms with Crippen LogP contribution in [0.15, 0.2) is 53.3 Å². The Morgan fingerprint density at radius 3 is 2.46 bits per heavy atom. The standard InChI is InChI=1S/C17H13Cl3N2O2/c1-24-12-7-8-14-13(9-12)15(11-5-3-2-4-6-11)21-16(23)22(14)10-17(18,19)20/h2-9H,10H2,1H3. The highest BCUT2D eigenvalue weighted by atomic mass is 35.6. The molecule has 0 saturated heterocycles. The number of hydrogen-bond acceptors (Lipinski definition) is 3. The van der Waals surface area contributed by atoms with Gasteiger partial charge in [0.1, 0.15) is 5.75 Å². The van der Waals surface area contributed by atoms with E-state index in [0.717, 1.165) is 10.9 Å². The molecule has 0 fully saturated rings. The van der Waals surface area contributed by atoms with Gasteiger partial charge < -0.3 is 4.74 Å². The van der Waals surface area contributed by atoms with Gasteiger partial charge in [-0.05, 0) is 18.2 Å². The molecule has 7 heteroatoms. The molecule has 3 aromatic rings. The minimum absolute atomic E-state index is 0.0958. The first-order valence-corrected chi connectivity index (χ1v) is 8.23. The lowest BCUT2D eigenvalue weighted by Gasteiger charge is -2.17. The monoisotopic (exact) mass is 382 g/mol. The molecule has 1 aromatic heterocycles. The molecule has 0 N–H and O–H groups in total. The van der Waals surface area contributed by atoms with E-state index in [1.54, 1.807) is 19.2 Å². The predicted molar refractivity (Wildman–Crippen MR) is 98.3 cm³/mol. The van der Waals surface area contributed by atoms with Crippen molar-refractivity contribution in [3.05, 3.63) is 59.0 Å². The van der Waals surface area contributed by atoms with Crippen LogP contribution in [0.5, 0.6) is 5.75 Å². The largest absolute Gasteiger partial charge is 0.497 e. The van der Waals surface area contributed by atoms with E-state index in [0.29, 0.717) is 17.0 Å². The van der Waals surface area contributed by atoms with E-state index in [1.807, 2.05) is 36.4 Å². The summed E-state index contributed by atoms with van der Waals surface area (Å²) in [6, 6.07) is 14.8. The topological polar surface area (TPSA) is 44.1 Å². The molecule has 0 spiro atoms. The molecule has 0 bridgehead atoms. The summed E-state index contributed by atoms with van der Waals surface area (Å²) >= 11 is 17.6. The van der Waals surface area contributed by atoms with Crippen molar-refractivity contribution in [2.45, 2.75) is 10.3 Å². The van der Waals surface area contributed by atoms with E-state index in [2.05, 4.69) is 4.98 Å². The van der Waals surface area contributed by atoms with Gasteiger partial charge in [0.25, 0.3) is 0 Å². The van der Waals surface area contributed by atoms with Gasteiger partial charge in [0.15, 0.2) is 0 Å². The minimum atomic E-state index is -1.60. The van der Waals surface area contributed by atoms with Crippen LogP contribution >= 0.6 is 34.8 Å². The van der Waals surface area contributed by atoms with Crippen molar-refractivity contribution in [3.8, 4) is 17.0 Å². The van der Waals surface area contributed by atoms with Crippen molar-refractivity contribution >= 4 is 45.7 Å². The Morgan fingerprint density at radius 2 is 1.83 bits per heavy atom. The van der Waals surface area contributed by atoms with Crippen LogP contribution in [0.3, 0.4) is 0 Å². The third-order valence-electron chi connectivity index (χ3n) is 3.57. The van der Waals surface area contributed by atoms with Crippen molar-refractivity contribution in [1.82, 2.24) is 9.55 Å². The second-order valence-electron chi connectivity index (χ2n) is 5.19. The highest BCUT2D eigenvalue weighted by Crippen LogP contribution is 2.32. The second kappa shape index (κ2) is 6.63. The number of benzene rings is 2. The van der Waals surface area contributed by atoms with Gasteiger partial charge in [-0.1, -0.05) is 65.1 Å². The third-order valence-corrected chi connectivity index (χ3v) is 3.93. The predicted octanol–water partition coefficient (Wildman–Crippen LogP) is 4.44. The van der Waals surface area contributed by atoms with E-state index in [-0.39, 0.29) is 6.54 Å². The maximum Gasteiger partial charge on any atom is 0.348 e. The highest BCUT2D eigenvalue weighted by molar-refractivity contribution is 6.67. The van der Waals surface area contributed by atoms with Crippen molar-refractivity contribution in [3.63, 3.8) is 0 Å². The molecule has 2 aromatic carbocycles. The molecule has 24 heavy (non-hydrogen) atoms. The summed E-state index contributed by atoms with van der Waals surface area (Å²) in [6.45, 7) is -0.0958. The van der Waals surface area contributed by atoms with E-state index in [1.165, 1.54) is 4.57 Å². The molecule has 0 saturated carbocycles. The summed E-state index contributed by atoms with van der Waals surface area (Å²) in [5, 5.41) is 0.745. The molecule has 0 amide bonds. The van der Waals surface area contributed by atoms with E-state index >= 15 is 0 Å². The average molecular weight is 384 g/mol. The fourth-order valence-electron chi connectivity index (χ4n) is 2.53. The van der Waals surface area contributed by atoms with E-state index < -0.39 is 9.48 Å². The SMILES string of the molecule is COc1ccc2c(c1)c(-c1ccccc1)nc(=O)n2CC(Cl)(Cl)Cl. The van der Waals surface area contributed by atoms with Gasteiger partial charge in [0.2, 0.25) is 3.79 Å². The number of nitrogens with zero attached hydrogens (tertiary/aromatic N) is 2. The number of hydrogen-bond donors (Lipinski definition) is 0. The maximum absolute atomic E-state index is 12.5. The molecule has 0 unspecified atom stereocenters. The van der Waals surface area contributed by atoms with Crippen molar-refractivity contribution in [2.24, 2.45) is 0 Å². The molecular weight excluding hydrogens is 371 g/mol. The van der Waals surface area contributed by atoms with Crippen LogP contribution < -0.4 is 10.4 Å². The first-order chi connectivity index (χ1) is 11.4. The van der Waals surface area contributed by atoms with Crippen molar-refractivity contribution < 1.29 is 4.74 Å². The lowest BCUT2D eigenvalue weighted by atomic mass is 10.1. The van der Waals surface area contributed by atoms with Crippen LogP contribution in [0.1, 0.15) is 0 Å². The molecule has 3 rings (SSSR count). The van der Waals surface area contributed by atoms with Crippen molar-refractivity contribution in [1.29, 1.82) is 0 Å². The number of aromatic nitrogens is 2. The summed E-state index contributed by atoms with van der Waals surface area (Å²) in [5.41, 5.74) is 1.54. The molecule has 0 atom stereocenters. The van der Waals surface area contributed by atoms with Gasteiger partial charge in [0, 0.05) is 10.9 Å². The summed E-state index contributed by atoms with van der Waals surface area (Å²) in [6.07, 6.45) is 0. The summed E-state index contributed by atoms with van der Waals surface area (Å²) in [4.78, 5) is 16.7. The average Bonchev–Trinajstić information content (AvgIpc) is 2.56. The molecule has 0 aliphatic heterocycles. The minimum Gasteiger partial charge on any atom is -0.497 e. The fourth-order valence-corrected chi connectivity index (χ4v) is 2.89. The van der Waals surface area contributed by atoms with Crippen molar-refractivity contribution in [2.75, 3.05) is 7.11 Å². The third kappa shape index (κ3) is 3.51. The first-order valence-electron chi connectivity index (χ1n) is 7.10. The quantitative estimate of drug-likeness (QED) is 0.628. The van der Waals surface area contributed by atoms with Gasteiger partial charge in [-0.2, -0.15) is 4.98 Å². The van der Waals surface area contributed by atoms with E-state index in [9.17, 15) is 4.79 Å². The molecule has 124 valence electrons. The smallest absolute Gasteiger partial charge is 0.348 e. The van der Waals surface area contributed by atoms with Gasteiger partial charge in [-0.15, -0.1) is 0 Å². The number of ether oxygens (including phenoxy) is 1. The summed E-state index contributed by atoms with van der Waals surface area (Å²) in [7, 11) is 1.58. The summed E-state index contributed by atoms with van der Waals surface area (Å²) < 4.78 is 5.04. The number of alkyl halides is 3.